The molecule has 5 N–H and O–H groups in total. The molecule has 0 aromatic heterocycles. The van der Waals surface area contributed by atoms with Crippen molar-refractivity contribution in [3.63, 3.8) is 0 Å². The Morgan fingerprint density at radius 2 is 0.942 bits per heavy atom. The minimum atomic E-state index is -5.63. The number of alkyl halides is 16. The van der Waals surface area contributed by atoms with Crippen molar-refractivity contribution in [1.82, 2.24) is 0 Å². The van der Waals surface area contributed by atoms with Crippen molar-refractivity contribution in [2.75, 3.05) is 17.7 Å². The van der Waals surface area contributed by atoms with E-state index in [0.717, 1.165) is 64.2 Å². The van der Waals surface area contributed by atoms with Gasteiger partial charge in [0, 0.05) is 35.8 Å². The number of anilines is 1. The van der Waals surface area contributed by atoms with Gasteiger partial charge in [0.25, 0.3) is 6.47 Å². The molecule has 0 bridgehead atoms. The van der Waals surface area contributed by atoms with Crippen LogP contribution in [0.1, 0.15) is 78.7 Å². The van der Waals surface area contributed by atoms with Gasteiger partial charge in [-0.15, -0.1) is 0 Å². The van der Waals surface area contributed by atoms with Crippen molar-refractivity contribution in [3.05, 3.63) is 236 Å². The Morgan fingerprint density at radius 1 is 0.606 bits per heavy atom. The van der Waals surface area contributed by atoms with Gasteiger partial charge < -0.3 is 37.4 Å². The van der Waals surface area contributed by atoms with Gasteiger partial charge in [-0.1, -0.05) is 137 Å². The van der Waals surface area contributed by atoms with E-state index < -0.39 is 106 Å². The Bertz CT molecular complexity index is 4290. The molecular formula is C70H56BrF15K2N6O10. The van der Waals surface area contributed by atoms with E-state index in [2.05, 4.69) is 47.5 Å². The number of hydrogen-bond acceptors (Lipinski definition) is 13. The summed E-state index contributed by atoms with van der Waals surface area (Å²) in [5, 5.41) is 54.8. The average Bonchev–Trinajstić information content (AvgIpc) is 1.69. The normalized spacial score (nSPS) is 14.0. The van der Waals surface area contributed by atoms with Crippen molar-refractivity contribution in [1.29, 1.82) is 10.5 Å². The van der Waals surface area contributed by atoms with Gasteiger partial charge in [-0.3, -0.25) is 19.2 Å². The third-order valence-corrected chi connectivity index (χ3v) is 15.4. The smallest absolute Gasteiger partial charge is 1.00 e. The zero-order valence-electron chi connectivity index (χ0n) is 56.1. The minimum absolute atomic E-state index is 0. The van der Waals surface area contributed by atoms with E-state index >= 15 is 0 Å². The molecule has 7 aromatic rings. The van der Waals surface area contributed by atoms with E-state index in [4.69, 9.17) is 50.6 Å². The summed E-state index contributed by atoms with van der Waals surface area (Å²) in [5.74, 6) is -1.47. The predicted molar refractivity (Wildman–Crippen MR) is 341 cm³/mol. The number of benzene rings is 7. The number of ketones is 3. The number of rotatable bonds is 16. The third kappa shape index (κ3) is 30.0. The van der Waals surface area contributed by atoms with Gasteiger partial charge in [-0.2, -0.15) is 76.4 Å². The van der Waals surface area contributed by atoms with E-state index in [9.17, 15) is 95.7 Å². The molecule has 104 heavy (non-hydrogen) atoms. The molecule has 0 saturated carbocycles. The van der Waals surface area contributed by atoms with Gasteiger partial charge in [0.15, 0.2) is 34.4 Å². The minimum Gasteiger partial charge on any atom is -1.00 e. The fourth-order valence-electron chi connectivity index (χ4n) is 8.45. The van der Waals surface area contributed by atoms with Crippen LogP contribution < -0.4 is 114 Å². The summed E-state index contributed by atoms with van der Waals surface area (Å²) in [7, 11) is 0. The zero-order chi connectivity index (χ0) is 77.4. The number of nitrogen functional groups attached to an aromatic ring is 1. The number of carbonyl (C=O) groups excluding carboxylic acids is 4. The Morgan fingerprint density at radius 3 is 1.25 bits per heavy atom. The maximum Gasteiger partial charge on any atom is 1.00 e. The summed E-state index contributed by atoms with van der Waals surface area (Å²) in [6.45, 7) is 24.7. The van der Waals surface area contributed by atoms with E-state index in [1.54, 1.807) is 31.2 Å². The Kier molecular flexibility index (Phi) is 37.9. The number of ether oxygens (including phenoxy) is 1. The molecule has 3 atom stereocenters. The number of Topliss-reactive ketones (excluding diaryl/α,β-unsaturated/α-hetero) is 3. The number of nitrogens with two attached hydrogens (primary N) is 1. The molecule has 1 heterocycles. The monoisotopic (exact) mass is 1580 g/mol. The van der Waals surface area contributed by atoms with Crippen LogP contribution >= 0.6 is 15.9 Å². The van der Waals surface area contributed by atoms with Crippen LogP contribution in [0.4, 0.5) is 88.6 Å². The molecule has 16 nitrogen and oxygen atoms in total. The quantitative estimate of drug-likeness (QED) is 0.00809. The Hall–Kier alpha value is -7.23. The molecule has 8 rings (SSSR count). The van der Waals surface area contributed by atoms with E-state index in [-0.39, 0.29) is 158 Å². The molecule has 1 fully saturated rings. The summed E-state index contributed by atoms with van der Waals surface area (Å²) >= 11 is 2.96. The molecule has 7 aromatic carbocycles. The maximum absolute atomic E-state index is 13.2. The second-order valence-electron chi connectivity index (χ2n) is 22.2. The summed E-state index contributed by atoms with van der Waals surface area (Å²) < 4.78 is 187. The van der Waals surface area contributed by atoms with Gasteiger partial charge in [0.05, 0.1) is 66.3 Å². The molecule has 0 amide bonds. The average molecular weight is 1580 g/mol. The van der Waals surface area contributed by atoms with Crippen molar-refractivity contribution < 1.29 is 219 Å². The first-order chi connectivity index (χ1) is 47.3. The van der Waals surface area contributed by atoms with Crippen LogP contribution in [-0.2, 0) is 73.0 Å². The van der Waals surface area contributed by atoms with Crippen molar-refractivity contribution in [2.24, 2.45) is 0 Å². The Labute approximate surface area is 680 Å². The second-order valence-corrected chi connectivity index (χ2v) is 22.8. The molecule has 0 unspecified atom stereocenters. The zero-order valence-corrected chi connectivity index (χ0v) is 62.9. The van der Waals surface area contributed by atoms with E-state index in [1.807, 2.05) is 72.8 Å². The van der Waals surface area contributed by atoms with Crippen LogP contribution in [0, 0.1) is 42.4 Å². The third-order valence-electron chi connectivity index (χ3n) is 14.3. The molecule has 0 spiro atoms. The molecule has 1 aliphatic rings. The summed E-state index contributed by atoms with van der Waals surface area (Å²) in [6.07, 6.45) is -29.9. The topological polar surface area (TPSA) is 260 Å². The maximum atomic E-state index is 13.2. The standard InChI is InChI=1S/C27H21F3N2O2.C13H11BrF3NO2.C13H10F3NO2.C13H10N2.C3H2F6O.CH2O3.2K.H/c1-26(34,25(33)16-19-9-11-24(32-2)23(15-19)27(28,29)30)13-12-18-8-10-21(17-31)22(14-18)20-6-4-3-5-7-20;1-12(20,7-14)11(19)6-8-3-4-10(18-2)9(5-8)13(15,16)17;1-12(7-19-12)11(18)6-8-3-4-10(17-2)9(5-8)13(14,15)16;14-9-11-6-7-12(15)8-13(11)10-4-2-1-3-5-10;4-2(5,6)1(10)3(7,8)9;2-1-4-3;;;/h3-11,14-15,34H,12-13,16H2,1H3;3-5,20H,6-7H2,1H3;3-5H,6-7H2,1H3;1-8H,15H2;1,10H;1,3H;;;/q;;;;;;2*+1;-1/p-1/t26-;2*12-;;;;;;/m000....../s1. The van der Waals surface area contributed by atoms with Crippen LogP contribution in [-0.4, -0.2) is 86.3 Å². The van der Waals surface area contributed by atoms with Crippen molar-refractivity contribution in [2.45, 2.75) is 107 Å². The number of aryl methyl sites for hydroxylation is 1. The molecule has 0 radical (unpaired) electrons. The first-order valence-electron chi connectivity index (χ1n) is 28.8. The van der Waals surface area contributed by atoms with Gasteiger partial charge >= 0.3 is 134 Å². The van der Waals surface area contributed by atoms with Crippen LogP contribution in [0.2, 0.25) is 0 Å². The fourth-order valence-corrected chi connectivity index (χ4v) is 8.76. The summed E-state index contributed by atoms with van der Waals surface area (Å²) in [4.78, 5) is 56.0. The van der Waals surface area contributed by atoms with Gasteiger partial charge in [-0.05, 0) is 103 Å². The number of nitrogens with zero attached hydrogens (tertiary/aromatic N) is 5. The number of hydrogen-bond donors (Lipinski definition) is 4. The summed E-state index contributed by atoms with van der Waals surface area (Å²) in [6, 6.07) is 43.6. The molecule has 1 saturated heterocycles. The molecule has 34 heteroatoms. The van der Waals surface area contributed by atoms with E-state index in [0.29, 0.717) is 29.8 Å². The van der Waals surface area contributed by atoms with Crippen molar-refractivity contribution >= 4 is 62.5 Å². The first-order valence-corrected chi connectivity index (χ1v) is 29.9. The van der Waals surface area contributed by atoms with Gasteiger partial charge in [-0.25, -0.2) is 14.5 Å². The molecular weight excluding hydrogens is 1530 g/mol. The van der Waals surface area contributed by atoms with Crippen LogP contribution in [0.5, 0.6) is 0 Å². The van der Waals surface area contributed by atoms with E-state index in [1.165, 1.54) is 32.0 Å². The fraction of sp³-hybridized carbons (Fsp3) is 0.271. The Balaban J connectivity index is 0.00000133. The second kappa shape index (κ2) is 41.6. The predicted octanol–water partition coefficient (Wildman–Crippen LogP) is 9.80. The molecule has 1 aliphatic heterocycles. The SMILES string of the molecule is N#Cc1ccc(N)cc1-c1ccccc1.O=CO[O-].OC(C(F)(F)F)C(F)(F)F.[C-]#[N+]c1ccc(CC(=O)[C@@](C)(O)CBr)cc1C(F)(F)F.[C-]#[N+]c1ccc(CC(=O)[C@@](C)(O)CCc2ccc(C#N)c(-c3ccccc3)c2)cc1C(F)(F)F.[C-]#[N+]c1ccc(CC(=O)[C@]2(C)CO2)cc1C(F)(F)F.[H-].[K+].[K+]. The van der Waals surface area contributed by atoms with Crippen LogP contribution in [0.15, 0.2) is 152 Å². The molecule has 540 valence electrons. The van der Waals surface area contributed by atoms with Gasteiger partial charge in [0.2, 0.25) is 6.10 Å². The number of epoxide rings is 1. The number of halogens is 16. The van der Waals surface area contributed by atoms with Crippen molar-refractivity contribution in [3.8, 4) is 34.4 Å². The largest absolute Gasteiger partial charge is 1.00 e. The van der Waals surface area contributed by atoms with Crippen LogP contribution in [0.25, 0.3) is 36.8 Å². The van der Waals surface area contributed by atoms with Gasteiger partial charge in [0.1, 0.15) is 16.8 Å². The van der Waals surface area contributed by atoms with Crippen LogP contribution in [0.3, 0.4) is 0 Å². The number of aliphatic hydroxyl groups is 3. The number of carbonyl (C=O) groups is 4. The first kappa shape index (κ1) is 94.8. The molecule has 0 aliphatic carbocycles. The number of nitriles is 2. The summed E-state index contributed by atoms with van der Waals surface area (Å²) in [5.41, 5.74) is 3.34. The number of aliphatic hydroxyl groups excluding tert-OH is 1.